The van der Waals surface area contributed by atoms with Crippen LogP contribution in [0.5, 0.6) is 5.75 Å². The number of hydrogen-bond acceptors (Lipinski definition) is 3. The molecule has 0 saturated carbocycles. The van der Waals surface area contributed by atoms with Crippen molar-refractivity contribution in [2.24, 2.45) is 0 Å². The summed E-state index contributed by atoms with van der Waals surface area (Å²) < 4.78 is 5.49. The molecule has 25 heavy (non-hydrogen) atoms. The minimum absolute atomic E-state index is 0.177. The highest BCUT2D eigenvalue weighted by molar-refractivity contribution is 5.79. The van der Waals surface area contributed by atoms with Crippen molar-refractivity contribution in [1.82, 2.24) is 0 Å². The van der Waals surface area contributed by atoms with Gasteiger partial charge in [0.1, 0.15) is 5.75 Å². The van der Waals surface area contributed by atoms with Crippen LogP contribution >= 0.6 is 0 Å². The van der Waals surface area contributed by atoms with Crippen LogP contribution in [0.25, 0.3) is 0 Å². The number of carbonyl (C=O) groups excluding carboxylic acids is 1. The zero-order valence-electron chi connectivity index (χ0n) is 17.2. The van der Waals surface area contributed by atoms with Crippen LogP contribution in [0.3, 0.4) is 0 Å². The highest BCUT2D eigenvalue weighted by Gasteiger charge is 2.26. The first kappa shape index (κ1) is 21.5. The first-order valence-electron chi connectivity index (χ1n) is 9.61. The largest absolute Gasteiger partial charge is 0.507 e. The van der Waals surface area contributed by atoms with Gasteiger partial charge >= 0.3 is 5.97 Å². The molecule has 1 N–H and O–H groups in total. The maximum absolute atomic E-state index is 12.5. The maximum Gasteiger partial charge on any atom is 0.313 e. The standard InChI is InChI=1S/C22H36O3/c1-8-9-10-11-12-13-25-21(24)17(4)18-14-19(22(5,6)7)20(23)16(3)15(18)2/h14,17,23H,8-13H2,1-7H3. The molecule has 0 heterocycles. The minimum Gasteiger partial charge on any atom is -0.507 e. The highest BCUT2D eigenvalue weighted by Crippen LogP contribution is 2.38. The second kappa shape index (κ2) is 9.26. The second-order valence-corrected chi connectivity index (χ2v) is 8.17. The predicted molar refractivity (Wildman–Crippen MR) is 104 cm³/mol. The quantitative estimate of drug-likeness (QED) is 0.468. The topological polar surface area (TPSA) is 46.5 Å². The van der Waals surface area contributed by atoms with Gasteiger partial charge in [-0.1, -0.05) is 59.4 Å². The number of esters is 1. The second-order valence-electron chi connectivity index (χ2n) is 8.17. The third-order valence-electron chi connectivity index (χ3n) is 5.03. The number of phenolic OH excluding ortho intramolecular Hbond substituents is 1. The third-order valence-corrected chi connectivity index (χ3v) is 5.03. The zero-order chi connectivity index (χ0) is 19.2. The lowest BCUT2D eigenvalue weighted by molar-refractivity contribution is -0.145. The van der Waals surface area contributed by atoms with Crippen LogP contribution in [0.15, 0.2) is 6.07 Å². The van der Waals surface area contributed by atoms with Crippen molar-refractivity contribution in [3.05, 3.63) is 28.3 Å². The zero-order valence-corrected chi connectivity index (χ0v) is 17.2. The SMILES string of the molecule is CCCCCCCOC(=O)C(C)c1cc(C(C)(C)C)c(O)c(C)c1C. The molecule has 142 valence electrons. The van der Waals surface area contributed by atoms with Gasteiger partial charge < -0.3 is 9.84 Å². The van der Waals surface area contributed by atoms with Gasteiger partial charge in [-0.05, 0) is 54.9 Å². The molecule has 0 fully saturated rings. The molecule has 0 aliphatic carbocycles. The monoisotopic (exact) mass is 348 g/mol. The number of hydrogen-bond donors (Lipinski definition) is 1. The highest BCUT2D eigenvalue weighted by atomic mass is 16.5. The molecule has 1 aromatic carbocycles. The van der Waals surface area contributed by atoms with Gasteiger partial charge in [0.25, 0.3) is 0 Å². The van der Waals surface area contributed by atoms with Gasteiger partial charge in [0.05, 0.1) is 12.5 Å². The van der Waals surface area contributed by atoms with Crippen LogP contribution < -0.4 is 0 Å². The van der Waals surface area contributed by atoms with Gasteiger partial charge in [-0.25, -0.2) is 0 Å². The Labute approximate surface area is 153 Å². The first-order chi connectivity index (χ1) is 11.6. The lowest BCUT2D eigenvalue weighted by atomic mass is 9.80. The number of carbonyl (C=O) groups is 1. The predicted octanol–water partition coefficient (Wildman–Crippen LogP) is 5.92. The molecule has 0 aromatic heterocycles. The van der Waals surface area contributed by atoms with Crippen LogP contribution in [-0.2, 0) is 14.9 Å². The summed E-state index contributed by atoms with van der Waals surface area (Å²) in [6, 6.07) is 1.98. The summed E-state index contributed by atoms with van der Waals surface area (Å²) in [6.07, 6.45) is 5.70. The van der Waals surface area contributed by atoms with Crippen molar-refractivity contribution in [3.63, 3.8) is 0 Å². The summed E-state index contributed by atoms with van der Waals surface area (Å²) in [4.78, 5) is 12.5. The fraction of sp³-hybridized carbons (Fsp3) is 0.682. The third kappa shape index (κ3) is 5.76. The van der Waals surface area contributed by atoms with Crippen LogP contribution in [-0.4, -0.2) is 17.7 Å². The van der Waals surface area contributed by atoms with E-state index in [9.17, 15) is 9.90 Å². The Bertz CT molecular complexity index is 582. The fourth-order valence-corrected chi connectivity index (χ4v) is 3.08. The average Bonchev–Trinajstić information content (AvgIpc) is 2.54. The van der Waals surface area contributed by atoms with Gasteiger partial charge in [0.15, 0.2) is 0 Å². The van der Waals surface area contributed by atoms with Gasteiger partial charge in [-0.2, -0.15) is 0 Å². The number of phenols is 1. The van der Waals surface area contributed by atoms with Crippen molar-refractivity contribution < 1.29 is 14.6 Å². The molecule has 0 aliphatic rings. The lowest BCUT2D eigenvalue weighted by Gasteiger charge is -2.25. The van der Waals surface area contributed by atoms with Gasteiger partial charge in [0.2, 0.25) is 0 Å². The Morgan fingerprint density at radius 1 is 1.12 bits per heavy atom. The molecule has 1 unspecified atom stereocenters. The van der Waals surface area contributed by atoms with E-state index in [2.05, 4.69) is 27.7 Å². The smallest absolute Gasteiger partial charge is 0.313 e. The molecule has 0 bridgehead atoms. The number of aromatic hydroxyl groups is 1. The fourth-order valence-electron chi connectivity index (χ4n) is 3.08. The summed E-state index contributed by atoms with van der Waals surface area (Å²) >= 11 is 0. The van der Waals surface area contributed by atoms with E-state index in [1.807, 2.05) is 26.8 Å². The molecule has 1 atom stereocenters. The normalized spacial score (nSPS) is 12.9. The molecular weight excluding hydrogens is 312 g/mol. The van der Waals surface area contributed by atoms with E-state index in [1.165, 1.54) is 19.3 Å². The van der Waals surface area contributed by atoms with E-state index in [0.29, 0.717) is 12.4 Å². The number of rotatable bonds is 8. The van der Waals surface area contributed by atoms with E-state index in [1.54, 1.807) is 0 Å². The molecule has 0 saturated heterocycles. The van der Waals surface area contributed by atoms with Crippen molar-refractivity contribution in [3.8, 4) is 5.75 Å². The summed E-state index contributed by atoms with van der Waals surface area (Å²) in [5.41, 5.74) is 3.47. The van der Waals surface area contributed by atoms with Gasteiger partial charge in [-0.15, -0.1) is 0 Å². The van der Waals surface area contributed by atoms with Gasteiger partial charge in [-0.3, -0.25) is 4.79 Å². The first-order valence-corrected chi connectivity index (χ1v) is 9.61. The van der Waals surface area contributed by atoms with E-state index < -0.39 is 0 Å². The Morgan fingerprint density at radius 2 is 1.72 bits per heavy atom. The molecule has 3 heteroatoms. The molecule has 1 aromatic rings. The van der Waals surface area contributed by atoms with Crippen LogP contribution in [0, 0.1) is 13.8 Å². The summed E-state index contributed by atoms with van der Waals surface area (Å²) in [5.74, 6) is -0.162. The van der Waals surface area contributed by atoms with Crippen LogP contribution in [0.2, 0.25) is 0 Å². The Morgan fingerprint density at radius 3 is 2.28 bits per heavy atom. The number of benzene rings is 1. The number of unbranched alkanes of at least 4 members (excludes halogenated alkanes) is 4. The maximum atomic E-state index is 12.5. The summed E-state index contributed by atoms with van der Waals surface area (Å²) in [5, 5.41) is 10.5. The number of ether oxygens (including phenoxy) is 1. The molecular formula is C22H36O3. The summed E-state index contributed by atoms with van der Waals surface area (Å²) in [7, 11) is 0. The molecule has 1 rings (SSSR count). The van der Waals surface area contributed by atoms with E-state index >= 15 is 0 Å². The molecule has 3 nitrogen and oxygen atoms in total. The lowest BCUT2D eigenvalue weighted by Crippen LogP contribution is -2.18. The van der Waals surface area contributed by atoms with Crippen molar-refractivity contribution >= 4 is 5.97 Å². The van der Waals surface area contributed by atoms with Crippen molar-refractivity contribution in [1.29, 1.82) is 0 Å². The van der Waals surface area contributed by atoms with E-state index in [4.69, 9.17) is 4.74 Å². The molecule has 0 aliphatic heterocycles. The van der Waals surface area contributed by atoms with E-state index in [0.717, 1.165) is 35.1 Å². The van der Waals surface area contributed by atoms with Crippen molar-refractivity contribution in [2.75, 3.05) is 6.61 Å². The summed E-state index contributed by atoms with van der Waals surface area (Å²) in [6.45, 7) is 14.7. The van der Waals surface area contributed by atoms with Crippen LogP contribution in [0.1, 0.15) is 94.9 Å². The van der Waals surface area contributed by atoms with E-state index in [-0.39, 0.29) is 17.3 Å². The molecule has 0 radical (unpaired) electrons. The average molecular weight is 349 g/mol. The van der Waals surface area contributed by atoms with Gasteiger partial charge in [0, 0.05) is 0 Å². The molecule has 0 amide bonds. The molecule has 0 spiro atoms. The van der Waals surface area contributed by atoms with Crippen molar-refractivity contribution in [2.45, 2.75) is 91.9 Å². The van der Waals surface area contributed by atoms with Crippen LogP contribution in [0.4, 0.5) is 0 Å². The Balaban J connectivity index is 2.85. The Kier molecular flexibility index (Phi) is 7.98. The minimum atomic E-state index is -0.323. The Hall–Kier alpha value is -1.51.